The number of carbonyl (C=O) groups excluding carboxylic acids is 5. The van der Waals surface area contributed by atoms with Gasteiger partial charge in [-0.3, -0.25) is 28.9 Å². The number of likely N-dealkylation sites (tertiary alicyclic amines) is 2. The first-order valence-corrected chi connectivity index (χ1v) is 27.5. The lowest BCUT2D eigenvalue weighted by Gasteiger charge is -2.39. The molecule has 2 aromatic carbocycles. The Labute approximate surface area is 459 Å². The predicted octanol–water partition coefficient (Wildman–Crippen LogP) is 2.13. The molecule has 3 aliphatic rings. The maximum Gasteiger partial charge on any atom is 0.270 e. The van der Waals surface area contributed by atoms with Gasteiger partial charge in [0.15, 0.2) is 0 Å². The Balaban J connectivity index is 0.671. The summed E-state index contributed by atoms with van der Waals surface area (Å²) in [5.41, 5.74) is 6.74. The number of amides is 5. The molecular weight excluding hydrogens is 1020 g/mol. The van der Waals surface area contributed by atoms with Crippen molar-refractivity contribution in [3.05, 3.63) is 94.5 Å². The first-order chi connectivity index (χ1) is 37.5. The van der Waals surface area contributed by atoms with Crippen LogP contribution in [-0.4, -0.2) is 205 Å². The molecule has 0 unspecified atom stereocenters. The molecule has 2 saturated heterocycles. The number of carbonyl (C=O) groups is 5. The molecule has 22 nitrogen and oxygen atoms in total. The second-order valence-corrected chi connectivity index (χ2v) is 21.7. The van der Waals surface area contributed by atoms with Gasteiger partial charge in [0.05, 0.1) is 93.2 Å². The van der Waals surface area contributed by atoms with Crippen LogP contribution in [0.1, 0.15) is 73.0 Å². The monoisotopic (exact) mass is 1100 g/mol. The molecule has 5 atom stereocenters. The van der Waals surface area contributed by atoms with Gasteiger partial charge in [-0.2, -0.15) is 0 Å². The van der Waals surface area contributed by atoms with E-state index in [1.54, 1.807) is 22.3 Å². The summed E-state index contributed by atoms with van der Waals surface area (Å²) in [5, 5.41) is 33.0. The lowest BCUT2D eigenvalue weighted by molar-refractivity contribution is -0.144. The standard InChI is InChI=1S/C55H76N10O12S/c1-36(38-10-12-40(13-11-38)50-37(2)59-35-78-50)60-53(71)46-24-43(66)31-65(46)54(72)51(55(3,4)5)62-48(68)32-76-22-20-74-18-16-73-17-19-75-21-23-77-33-49(69)64-28-42(29-64)61-47-25-45(57-34-58-47)52(70)56-26-44(67)30-63-15-14-39-8-6-7-9-41(39)27-63/h6-13,25,34-36,42-44,46,51,66-67H,14-24,26-33H2,1-5H3,(H,56,70)(H,60,71)(H,62,68)(H,57,58,61)/t36-,43+,44-,46-,51+/m0/s1. The van der Waals surface area contributed by atoms with E-state index in [1.165, 1.54) is 22.4 Å². The number of rotatable bonds is 29. The number of aryl methyl sites for hydroxylation is 1. The number of thiazole rings is 1. The lowest BCUT2D eigenvalue weighted by Crippen LogP contribution is -2.58. The third-order valence-corrected chi connectivity index (χ3v) is 14.6. The second-order valence-electron chi connectivity index (χ2n) is 20.9. The van der Waals surface area contributed by atoms with Gasteiger partial charge in [0.2, 0.25) is 23.6 Å². The number of β-amino-alcohol motifs (C(OH)–C–C–N with tert-alkyl or cyclic N) is 2. The zero-order valence-corrected chi connectivity index (χ0v) is 46.1. The molecule has 78 heavy (non-hydrogen) atoms. The van der Waals surface area contributed by atoms with Gasteiger partial charge in [0, 0.05) is 58.3 Å². The van der Waals surface area contributed by atoms with Crippen molar-refractivity contribution in [1.29, 1.82) is 0 Å². The first-order valence-electron chi connectivity index (χ1n) is 26.6. The van der Waals surface area contributed by atoms with Crippen LogP contribution < -0.4 is 21.3 Å². The molecule has 7 rings (SSSR count). The molecule has 424 valence electrons. The van der Waals surface area contributed by atoms with E-state index in [4.69, 9.17) is 23.7 Å². The number of anilines is 1. The Morgan fingerprint density at radius 2 is 1.47 bits per heavy atom. The van der Waals surface area contributed by atoms with E-state index in [0.29, 0.717) is 51.9 Å². The SMILES string of the molecule is Cc1ncsc1-c1ccc([C@H](C)NC(=O)[C@@H]2C[C@@H](O)CN2C(=O)[C@@H](NC(=O)COCCOCCOCCOCCOCC(=O)N2CC(Nc3cc(C(=O)NC[C@H](O)CN4CCc5ccccc5C4)ncn3)C2)C(C)(C)C)cc1. The Hall–Kier alpha value is -6.02. The molecule has 0 bridgehead atoms. The normalized spacial score (nSPS) is 17.9. The minimum absolute atomic E-state index is 0.0346. The molecule has 4 aromatic rings. The van der Waals surface area contributed by atoms with E-state index in [9.17, 15) is 34.2 Å². The van der Waals surface area contributed by atoms with Crippen molar-refractivity contribution in [2.45, 2.75) is 90.4 Å². The number of nitrogens with zero attached hydrogens (tertiary/aromatic N) is 6. The average Bonchev–Trinajstić information content (AvgIpc) is 4.05. The third-order valence-electron chi connectivity index (χ3n) is 13.7. The second kappa shape index (κ2) is 29.3. The fraction of sp³-hybridized carbons (Fsp3) is 0.564. The highest BCUT2D eigenvalue weighted by atomic mass is 32.1. The molecule has 0 spiro atoms. The molecule has 5 amide bonds. The number of fused-ring (bicyclic) bond motifs is 1. The van der Waals surface area contributed by atoms with Crippen LogP contribution in [0, 0.1) is 12.3 Å². The average molecular weight is 1100 g/mol. The van der Waals surface area contributed by atoms with Crippen molar-refractivity contribution in [2.75, 3.05) is 111 Å². The molecule has 0 saturated carbocycles. The topological polar surface area (TPSA) is 268 Å². The summed E-state index contributed by atoms with van der Waals surface area (Å²) in [6, 6.07) is 15.4. The summed E-state index contributed by atoms with van der Waals surface area (Å²) in [4.78, 5) is 85.0. The van der Waals surface area contributed by atoms with Crippen molar-refractivity contribution in [2.24, 2.45) is 5.41 Å². The van der Waals surface area contributed by atoms with Gasteiger partial charge in [-0.05, 0) is 47.9 Å². The van der Waals surface area contributed by atoms with Crippen molar-refractivity contribution in [3.8, 4) is 10.4 Å². The molecule has 3 aliphatic heterocycles. The number of hydrogen-bond acceptors (Lipinski definition) is 18. The maximum absolute atomic E-state index is 14.0. The number of nitrogens with one attached hydrogen (secondary N) is 4. The highest BCUT2D eigenvalue weighted by Gasteiger charge is 2.45. The number of aromatic nitrogens is 3. The Morgan fingerprint density at radius 3 is 2.13 bits per heavy atom. The van der Waals surface area contributed by atoms with E-state index < -0.39 is 47.4 Å². The fourth-order valence-corrected chi connectivity index (χ4v) is 10.1. The van der Waals surface area contributed by atoms with E-state index in [-0.39, 0.29) is 88.7 Å². The minimum atomic E-state index is -0.988. The quantitative estimate of drug-likeness (QED) is 0.0425. The molecule has 0 aliphatic carbocycles. The molecule has 23 heteroatoms. The number of hydrogen-bond donors (Lipinski definition) is 6. The van der Waals surface area contributed by atoms with Crippen molar-refractivity contribution in [3.63, 3.8) is 0 Å². The first kappa shape index (κ1) is 59.6. The Morgan fingerprint density at radius 1 is 0.821 bits per heavy atom. The summed E-state index contributed by atoms with van der Waals surface area (Å²) in [6.45, 7) is 14.1. The van der Waals surface area contributed by atoms with Gasteiger partial charge in [-0.25, -0.2) is 15.0 Å². The summed E-state index contributed by atoms with van der Waals surface area (Å²) < 4.78 is 27.7. The zero-order valence-electron chi connectivity index (χ0n) is 45.3. The third kappa shape index (κ3) is 17.7. The van der Waals surface area contributed by atoms with Crippen LogP contribution in [0.15, 0.2) is 66.4 Å². The smallest absolute Gasteiger partial charge is 0.270 e. The zero-order chi connectivity index (χ0) is 55.6. The highest BCUT2D eigenvalue weighted by Crippen LogP contribution is 2.30. The number of aliphatic hydroxyl groups excluding tert-OH is 2. The minimum Gasteiger partial charge on any atom is -0.391 e. The van der Waals surface area contributed by atoms with Crippen LogP contribution >= 0.6 is 11.3 Å². The fourth-order valence-electron chi connectivity index (χ4n) is 9.33. The van der Waals surface area contributed by atoms with E-state index in [1.807, 2.05) is 76.5 Å². The van der Waals surface area contributed by atoms with Crippen molar-refractivity contribution >= 4 is 46.7 Å². The van der Waals surface area contributed by atoms with Crippen LogP contribution in [0.25, 0.3) is 10.4 Å². The van der Waals surface area contributed by atoms with Gasteiger partial charge in [-0.1, -0.05) is 69.3 Å². The van der Waals surface area contributed by atoms with Crippen molar-refractivity contribution < 1.29 is 57.9 Å². The summed E-state index contributed by atoms with van der Waals surface area (Å²) in [6.07, 6.45) is 0.690. The number of aliphatic hydroxyl groups is 2. The number of benzene rings is 2. The Kier molecular flexibility index (Phi) is 22.4. The Bertz CT molecular complexity index is 2600. The largest absolute Gasteiger partial charge is 0.391 e. The van der Waals surface area contributed by atoms with Crippen LogP contribution in [0.3, 0.4) is 0 Å². The van der Waals surface area contributed by atoms with Gasteiger partial charge in [-0.15, -0.1) is 11.3 Å². The molecular formula is C55H76N10O12S. The van der Waals surface area contributed by atoms with E-state index in [2.05, 4.69) is 53.3 Å². The van der Waals surface area contributed by atoms with Gasteiger partial charge < -0.3 is 65.0 Å². The molecule has 6 N–H and O–H groups in total. The molecule has 5 heterocycles. The maximum atomic E-state index is 14.0. The van der Waals surface area contributed by atoms with E-state index in [0.717, 1.165) is 41.2 Å². The molecule has 2 aromatic heterocycles. The lowest BCUT2D eigenvalue weighted by atomic mass is 9.85. The summed E-state index contributed by atoms with van der Waals surface area (Å²) in [5.74, 6) is -1.44. The van der Waals surface area contributed by atoms with E-state index >= 15 is 0 Å². The molecule has 2 fully saturated rings. The highest BCUT2D eigenvalue weighted by molar-refractivity contribution is 7.13. The van der Waals surface area contributed by atoms with Crippen LogP contribution in [0.4, 0.5) is 5.82 Å². The predicted molar refractivity (Wildman–Crippen MR) is 290 cm³/mol. The van der Waals surface area contributed by atoms with Gasteiger partial charge in [0.25, 0.3) is 5.91 Å². The summed E-state index contributed by atoms with van der Waals surface area (Å²) in [7, 11) is 0. The van der Waals surface area contributed by atoms with Crippen LogP contribution in [0.5, 0.6) is 0 Å². The van der Waals surface area contributed by atoms with Crippen LogP contribution in [-0.2, 0) is 55.8 Å². The molecule has 0 radical (unpaired) electrons. The van der Waals surface area contributed by atoms with Crippen molar-refractivity contribution in [1.82, 2.24) is 45.6 Å². The van der Waals surface area contributed by atoms with Crippen LogP contribution in [0.2, 0.25) is 0 Å². The van der Waals surface area contributed by atoms with Gasteiger partial charge in [0.1, 0.15) is 43.1 Å². The number of ether oxygens (including phenoxy) is 5. The van der Waals surface area contributed by atoms with Gasteiger partial charge >= 0.3 is 0 Å². The summed E-state index contributed by atoms with van der Waals surface area (Å²) >= 11 is 1.57.